The van der Waals surface area contributed by atoms with Crippen molar-refractivity contribution in [3.8, 4) is 11.5 Å². The van der Waals surface area contributed by atoms with Gasteiger partial charge in [-0.05, 0) is 55.5 Å². The summed E-state index contributed by atoms with van der Waals surface area (Å²) in [5, 5.41) is 10.3. The second-order valence-electron chi connectivity index (χ2n) is 5.42. The zero-order chi connectivity index (χ0) is 20.0. The van der Waals surface area contributed by atoms with Crippen molar-refractivity contribution in [1.82, 2.24) is 0 Å². The first-order chi connectivity index (χ1) is 12.1. The van der Waals surface area contributed by atoms with Crippen molar-refractivity contribution in [2.75, 3.05) is 14.2 Å². The maximum atomic E-state index is 12.0. The van der Waals surface area contributed by atoms with Crippen LogP contribution in [-0.4, -0.2) is 37.0 Å². The number of esters is 2. The van der Waals surface area contributed by atoms with Crippen LogP contribution in [0.5, 0.6) is 11.5 Å². The lowest BCUT2D eigenvalue weighted by Gasteiger charge is -2.14. The minimum atomic E-state index is -0.890. The van der Waals surface area contributed by atoms with Gasteiger partial charge in [-0.15, -0.1) is 0 Å². The normalized spacial score (nSPS) is 10.8. The van der Waals surface area contributed by atoms with Gasteiger partial charge in [-0.2, -0.15) is 0 Å². The van der Waals surface area contributed by atoms with Crippen molar-refractivity contribution >= 4 is 40.3 Å². The minimum Gasteiger partial charge on any atom is -0.506 e. The SMILES string of the molecule is COC(=O)c1cc(O/C(C)=C/C(=O)C=C(C)C)c(I)c(O)c1C(=O)OC. The molecule has 0 aromatic heterocycles. The van der Waals surface area contributed by atoms with Crippen LogP contribution >= 0.6 is 22.6 Å². The molecule has 0 radical (unpaired) electrons. The van der Waals surface area contributed by atoms with Crippen LogP contribution in [0.25, 0.3) is 0 Å². The topological polar surface area (TPSA) is 99.1 Å². The second-order valence-corrected chi connectivity index (χ2v) is 6.50. The average Bonchev–Trinajstić information content (AvgIpc) is 2.56. The number of carbonyl (C=O) groups is 3. The van der Waals surface area contributed by atoms with Gasteiger partial charge in [0.1, 0.15) is 22.8 Å². The number of hydrogen-bond acceptors (Lipinski definition) is 7. The Hall–Kier alpha value is -2.36. The summed E-state index contributed by atoms with van der Waals surface area (Å²) in [6.45, 7) is 5.13. The summed E-state index contributed by atoms with van der Waals surface area (Å²) in [5.41, 5.74) is 0.302. The monoisotopic (exact) mass is 474 g/mol. The van der Waals surface area contributed by atoms with Gasteiger partial charge in [0.25, 0.3) is 0 Å². The zero-order valence-electron chi connectivity index (χ0n) is 15.0. The Kier molecular flexibility index (Phi) is 7.81. The van der Waals surface area contributed by atoms with E-state index in [1.165, 1.54) is 18.2 Å². The van der Waals surface area contributed by atoms with Crippen LogP contribution in [0.2, 0.25) is 0 Å². The summed E-state index contributed by atoms with van der Waals surface area (Å²) in [6, 6.07) is 1.25. The highest BCUT2D eigenvalue weighted by Gasteiger charge is 2.27. The van der Waals surface area contributed by atoms with Crippen LogP contribution in [0.4, 0.5) is 0 Å². The predicted octanol–water partition coefficient (Wildman–Crippen LogP) is 3.39. The van der Waals surface area contributed by atoms with Crippen LogP contribution in [0.3, 0.4) is 0 Å². The molecular formula is C18H19IO7. The van der Waals surface area contributed by atoms with Gasteiger partial charge in [-0.25, -0.2) is 9.59 Å². The maximum Gasteiger partial charge on any atom is 0.342 e. The molecule has 0 saturated heterocycles. The summed E-state index contributed by atoms with van der Waals surface area (Å²) in [6.07, 6.45) is 2.71. The minimum absolute atomic E-state index is 0.0925. The van der Waals surface area contributed by atoms with Gasteiger partial charge in [0.2, 0.25) is 0 Å². The molecule has 0 atom stereocenters. The van der Waals surface area contributed by atoms with Crippen molar-refractivity contribution in [3.05, 3.63) is 44.2 Å². The highest BCUT2D eigenvalue weighted by atomic mass is 127. The Balaban J connectivity index is 3.41. The van der Waals surface area contributed by atoms with Gasteiger partial charge >= 0.3 is 11.9 Å². The molecule has 26 heavy (non-hydrogen) atoms. The van der Waals surface area contributed by atoms with Crippen molar-refractivity contribution in [1.29, 1.82) is 0 Å². The number of hydrogen-bond donors (Lipinski definition) is 1. The van der Waals surface area contributed by atoms with Crippen LogP contribution in [0.1, 0.15) is 41.5 Å². The first-order valence-electron chi connectivity index (χ1n) is 7.39. The van der Waals surface area contributed by atoms with Gasteiger partial charge in [-0.3, -0.25) is 4.79 Å². The molecule has 0 saturated carbocycles. The first-order valence-corrected chi connectivity index (χ1v) is 8.47. The largest absolute Gasteiger partial charge is 0.506 e. The van der Waals surface area contributed by atoms with Crippen molar-refractivity contribution < 1.29 is 33.7 Å². The van der Waals surface area contributed by atoms with E-state index in [1.54, 1.807) is 43.4 Å². The molecule has 0 aliphatic rings. The molecule has 1 aromatic carbocycles. The number of phenolic OH excluding ortho intramolecular Hbond substituents is 1. The van der Waals surface area contributed by atoms with E-state index in [-0.39, 0.29) is 32.0 Å². The van der Waals surface area contributed by atoms with Crippen molar-refractivity contribution in [2.24, 2.45) is 0 Å². The van der Waals surface area contributed by atoms with Gasteiger partial charge in [-0.1, -0.05) is 5.57 Å². The number of phenols is 1. The fourth-order valence-electron chi connectivity index (χ4n) is 2.00. The fourth-order valence-corrected chi connectivity index (χ4v) is 2.54. The van der Waals surface area contributed by atoms with Crippen LogP contribution in [0.15, 0.2) is 29.6 Å². The number of allylic oxidation sites excluding steroid dienone is 4. The van der Waals surface area contributed by atoms with E-state index < -0.39 is 17.7 Å². The molecule has 0 heterocycles. The van der Waals surface area contributed by atoms with E-state index in [4.69, 9.17) is 4.74 Å². The fraction of sp³-hybridized carbons (Fsp3) is 0.278. The number of carbonyl (C=O) groups excluding carboxylic acids is 3. The molecule has 0 aliphatic heterocycles. The van der Waals surface area contributed by atoms with E-state index in [9.17, 15) is 19.5 Å². The molecule has 0 spiro atoms. The average molecular weight is 474 g/mol. The predicted molar refractivity (Wildman–Crippen MR) is 102 cm³/mol. The molecule has 140 valence electrons. The molecule has 0 unspecified atom stereocenters. The molecule has 1 N–H and O–H groups in total. The molecule has 0 bridgehead atoms. The van der Waals surface area contributed by atoms with Crippen LogP contribution in [-0.2, 0) is 14.3 Å². The quantitative estimate of drug-likeness (QED) is 0.292. The zero-order valence-corrected chi connectivity index (χ0v) is 17.2. The third-order valence-corrected chi connectivity index (χ3v) is 4.09. The molecule has 0 fully saturated rings. The number of rotatable bonds is 6. The number of benzene rings is 1. The summed E-state index contributed by atoms with van der Waals surface area (Å²) in [7, 11) is 2.27. The Labute approximate surface area is 164 Å². The standard InChI is InChI=1S/C18H19IO7/c1-9(2)6-11(20)7-10(3)26-13-8-12(17(22)24-4)14(18(23)25-5)16(21)15(13)19/h6-8,21H,1-5H3/b10-7+. The van der Waals surface area contributed by atoms with E-state index in [0.717, 1.165) is 19.8 Å². The van der Waals surface area contributed by atoms with E-state index in [2.05, 4.69) is 9.47 Å². The second kappa shape index (κ2) is 9.37. The smallest absolute Gasteiger partial charge is 0.342 e. The van der Waals surface area contributed by atoms with Gasteiger partial charge in [0, 0.05) is 6.08 Å². The number of ether oxygens (including phenoxy) is 3. The third-order valence-electron chi connectivity index (χ3n) is 3.05. The van der Waals surface area contributed by atoms with Gasteiger partial charge in [0.05, 0.1) is 23.4 Å². The van der Waals surface area contributed by atoms with Crippen molar-refractivity contribution in [2.45, 2.75) is 20.8 Å². The number of methoxy groups -OCH3 is 2. The first kappa shape index (κ1) is 21.7. The highest BCUT2D eigenvalue weighted by Crippen LogP contribution is 2.37. The lowest BCUT2D eigenvalue weighted by atomic mass is 10.1. The molecular weight excluding hydrogens is 455 g/mol. The van der Waals surface area contributed by atoms with Gasteiger partial charge in [0.15, 0.2) is 5.78 Å². The lowest BCUT2D eigenvalue weighted by molar-refractivity contribution is -0.110. The molecule has 7 nitrogen and oxygen atoms in total. The molecule has 0 amide bonds. The Morgan fingerprint density at radius 3 is 2.12 bits per heavy atom. The maximum absolute atomic E-state index is 12.0. The highest BCUT2D eigenvalue weighted by molar-refractivity contribution is 14.1. The Morgan fingerprint density at radius 1 is 1.04 bits per heavy atom. The molecule has 1 rings (SSSR count). The summed E-state index contributed by atoms with van der Waals surface area (Å²) in [5.74, 6) is -2.14. The van der Waals surface area contributed by atoms with Crippen LogP contribution < -0.4 is 4.74 Å². The summed E-state index contributed by atoms with van der Waals surface area (Å²) in [4.78, 5) is 35.7. The van der Waals surface area contributed by atoms with Gasteiger partial charge < -0.3 is 19.3 Å². The van der Waals surface area contributed by atoms with Crippen molar-refractivity contribution in [3.63, 3.8) is 0 Å². The molecule has 1 aromatic rings. The number of aromatic hydroxyl groups is 1. The lowest BCUT2D eigenvalue weighted by Crippen LogP contribution is -2.13. The van der Waals surface area contributed by atoms with Crippen LogP contribution in [0, 0.1) is 3.57 Å². The molecule has 8 heteroatoms. The number of ketones is 1. The molecule has 0 aliphatic carbocycles. The Bertz CT molecular complexity index is 802. The Morgan fingerprint density at radius 2 is 1.62 bits per heavy atom. The van der Waals surface area contributed by atoms with E-state index in [0.29, 0.717) is 0 Å². The third kappa shape index (κ3) is 5.32. The van der Waals surface area contributed by atoms with E-state index >= 15 is 0 Å². The summed E-state index contributed by atoms with van der Waals surface area (Å²) < 4.78 is 15.0. The van der Waals surface area contributed by atoms with E-state index in [1.807, 2.05) is 0 Å². The number of halogens is 1. The summed E-state index contributed by atoms with van der Waals surface area (Å²) >= 11 is 1.76.